The molecule has 2 N–H and O–H groups in total. The van der Waals surface area contributed by atoms with Crippen LogP contribution in [0.5, 0.6) is 5.75 Å². The van der Waals surface area contributed by atoms with Crippen LogP contribution in [0.25, 0.3) is 0 Å². The van der Waals surface area contributed by atoms with Gasteiger partial charge in [-0.25, -0.2) is 0 Å². The third-order valence-electron chi connectivity index (χ3n) is 4.06. The second-order valence-corrected chi connectivity index (χ2v) is 7.09. The van der Waals surface area contributed by atoms with E-state index in [0.717, 1.165) is 28.3 Å². The van der Waals surface area contributed by atoms with Crippen molar-refractivity contribution in [1.29, 1.82) is 0 Å². The first kappa shape index (κ1) is 20.1. The van der Waals surface area contributed by atoms with Gasteiger partial charge in [-0.3, -0.25) is 4.79 Å². The monoisotopic (exact) mass is 414 g/mol. The fourth-order valence-electron chi connectivity index (χ4n) is 2.66. The highest BCUT2D eigenvalue weighted by molar-refractivity contribution is 6.35. The molecule has 0 fully saturated rings. The number of carbonyl (C=O) groups excluding carboxylic acids is 1. The fraction of sp³-hybridized carbons (Fsp3) is 0.136. The first-order chi connectivity index (χ1) is 13.5. The number of benzene rings is 3. The minimum atomic E-state index is -0.0902. The second-order valence-electron chi connectivity index (χ2n) is 6.24. The minimum Gasteiger partial charge on any atom is -0.488 e. The Balaban J connectivity index is 1.62. The zero-order valence-electron chi connectivity index (χ0n) is 15.3. The maximum absolute atomic E-state index is 11.1. The van der Waals surface area contributed by atoms with Gasteiger partial charge in [0.2, 0.25) is 5.91 Å². The molecule has 3 rings (SSSR count). The molecule has 0 aliphatic carbocycles. The van der Waals surface area contributed by atoms with Crippen molar-refractivity contribution in [1.82, 2.24) is 0 Å². The van der Waals surface area contributed by atoms with E-state index in [4.69, 9.17) is 27.9 Å². The van der Waals surface area contributed by atoms with E-state index in [1.54, 1.807) is 12.1 Å². The van der Waals surface area contributed by atoms with Gasteiger partial charge in [-0.05, 0) is 42.5 Å². The molecule has 4 nitrogen and oxygen atoms in total. The van der Waals surface area contributed by atoms with E-state index >= 15 is 0 Å². The van der Waals surface area contributed by atoms with Gasteiger partial charge in [-0.2, -0.15) is 0 Å². The van der Waals surface area contributed by atoms with Gasteiger partial charge in [0, 0.05) is 46.0 Å². The van der Waals surface area contributed by atoms with Crippen molar-refractivity contribution in [3.05, 3.63) is 87.9 Å². The molecule has 0 aliphatic rings. The Kier molecular flexibility index (Phi) is 6.80. The molecule has 3 aromatic carbocycles. The minimum absolute atomic E-state index is 0.0902. The van der Waals surface area contributed by atoms with Gasteiger partial charge in [-0.15, -0.1) is 0 Å². The smallest absolute Gasteiger partial charge is 0.221 e. The molecule has 3 aromatic rings. The molecular formula is C22H20Cl2N2O2. The molecule has 0 bridgehead atoms. The number of hydrogen-bond donors (Lipinski definition) is 2. The predicted molar refractivity (Wildman–Crippen MR) is 115 cm³/mol. The summed E-state index contributed by atoms with van der Waals surface area (Å²) in [5.41, 5.74) is 3.62. The summed E-state index contributed by atoms with van der Waals surface area (Å²) in [5.74, 6) is 0.698. The number of halogens is 2. The highest BCUT2D eigenvalue weighted by atomic mass is 35.5. The lowest BCUT2D eigenvalue weighted by atomic mass is 10.2. The molecule has 144 valence electrons. The van der Waals surface area contributed by atoms with E-state index in [0.29, 0.717) is 23.2 Å². The lowest BCUT2D eigenvalue weighted by molar-refractivity contribution is -0.114. The topological polar surface area (TPSA) is 50.4 Å². The number of anilines is 2. The second kappa shape index (κ2) is 9.49. The van der Waals surface area contributed by atoms with Crippen molar-refractivity contribution in [2.45, 2.75) is 20.1 Å². The molecule has 0 spiro atoms. The molecule has 0 atom stereocenters. The Labute approximate surface area is 174 Å². The van der Waals surface area contributed by atoms with Gasteiger partial charge in [0.25, 0.3) is 0 Å². The largest absolute Gasteiger partial charge is 0.488 e. The van der Waals surface area contributed by atoms with Gasteiger partial charge in [0.1, 0.15) is 12.4 Å². The van der Waals surface area contributed by atoms with E-state index in [1.807, 2.05) is 54.6 Å². The number of hydrogen-bond acceptors (Lipinski definition) is 3. The predicted octanol–water partition coefficient (Wildman–Crippen LogP) is 6.14. The first-order valence-corrected chi connectivity index (χ1v) is 9.53. The van der Waals surface area contributed by atoms with Crippen LogP contribution in [0.3, 0.4) is 0 Å². The average Bonchev–Trinajstić information content (AvgIpc) is 2.67. The fourth-order valence-corrected chi connectivity index (χ4v) is 3.12. The molecule has 28 heavy (non-hydrogen) atoms. The Morgan fingerprint density at radius 1 is 0.929 bits per heavy atom. The van der Waals surface area contributed by atoms with E-state index in [-0.39, 0.29) is 5.91 Å². The zero-order chi connectivity index (χ0) is 19.9. The van der Waals surface area contributed by atoms with Gasteiger partial charge >= 0.3 is 0 Å². The number of amides is 1. The number of ether oxygens (including phenoxy) is 1. The first-order valence-electron chi connectivity index (χ1n) is 8.77. The number of nitrogens with one attached hydrogen (secondary N) is 2. The maximum atomic E-state index is 11.1. The highest BCUT2D eigenvalue weighted by Crippen LogP contribution is 2.25. The Morgan fingerprint density at radius 3 is 2.36 bits per heavy atom. The van der Waals surface area contributed by atoms with Crippen LogP contribution < -0.4 is 15.4 Å². The highest BCUT2D eigenvalue weighted by Gasteiger charge is 2.06. The van der Waals surface area contributed by atoms with Gasteiger partial charge < -0.3 is 15.4 Å². The Hall–Kier alpha value is -2.69. The molecule has 0 saturated carbocycles. The van der Waals surface area contributed by atoms with Gasteiger partial charge in [-0.1, -0.05) is 47.5 Å². The van der Waals surface area contributed by atoms with Crippen LogP contribution in [0.1, 0.15) is 18.1 Å². The van der Waals surface area contributed by atoms with Crippen molar-refractivity contribution in [2.75, 3.05) is 10.6 Å². The average molecular weight is 415 g/mol. The normalized spacial score (nSPS) is 10.4. The van der Waals surface area contributed by atoms with E-state index < -0.39 is 0 Å². The van der Waals surface area contributed by atoms with Gasteiger partial charge in [0.15, 0.2) is 0 Å². The van der Waals surface area contributed by atoms with E-state index in [1.165, 1.54) is 6.92 Å². The van der Waals surface area contributed by atoms with Crippen molar-refractivity contribution >= 4 is 40.5 Å². The van der Waals surface area contributed by atoms with Crippen molar-refractivity contribution in [2.24, 2.45) is 0 Å². The molecule has 0 aromatic heterocycles. The SMILES string of the molecule is CC(=O)Nc1ccc(NCc2ccccc2OCc2ccc(Cl)cc2Cl)cc1. The molecule has 6 heteroatoms. The maximum Gasteiger partial charge on any atom is 0.221 e. The quantitative estimate of drug-likeness (QED) is 0.487. The van der Waals surface area contributed by atoms with Crippen LogP contribution in [0.4, 0.5) is 11.4 Å². The summed E-state index contributed by atoms with van der Waals surface area (Å²) >= 11 is 12.2. The van der Waals surface area contributed by atoms with Crippen LogP contribution in [-0.2, 0) is 17.9 Å². The Morgan fingerprint density at radius 2 is 1.64 bits per heavy atom. The standard InChI is InChI=1S/C22H20Cl2N2O2/c1-15(27)26-20-10-8-19(9-11-20)25-13-16-4-2-3-5-22(16)28-14-17-6-7-18(23)12-21(17)24/h2-12,25H,13-14H2,1H3,(H,26,27). The third kappa shape index (κ3) is 5.65. The lowest BCUT2D eigenvalue weighted by Gasteiger charge is -2.14. The summed E-state index contributed by atoms with van der Waals surface area (Å²) in [6.07, 6.45) is 0. The van der Waals surface area contributed by atoms with Crippen LogP contribution in [-0.4, -0.2) is 5.91 Å². The summed E-state index contributed by atoms with van der Waals surface area (Å²) in [6, 6.07) is 20.8. The summed E-state index contributed by atoms with van der Waals surface area (Å²) in [7, 11) is 0. The van der Waals surface area contributed by atoms with Crippen LogP contribution in [0.2, 0.25) is 10.0 Å². The summed E-state index contributed by atoms with van der Waals surface area (Å²) in [5, 5.41) is 7.30. The molecule has 0 saturated heterocycles. The molecular weight excluding hydrogens is 395 g/mol. The summed E-state index contributed by atoms with van der Waals surface area (Å²) in [6.45, 7) is 2.45. The van der Waals surface area contributed by atoms with Crippen LogP contribution in [0, 0.1) is 0 Å². The van der Waals surface area contributed by atoms with Crippen LogP contribution >= 0.6 is 23.2 Å². The van der Waals surface area contributed by atoms with Gasteiger partial charge in [0.05, 0.1) is 0 Å². The molecule has 0 radical (unpaired) electrons. The van der Waals surface area contributed by atoms with Crippen molar-refractivity contribution < 1.29 is 9.53 Å². The number of carbonyl (C=O) groups is 1. The summed E-state index contributed by atoms with van der Waals surface area (Å²) in [4.78, 5) is 11.1. The van der Waals surface area contributed by atoms with E-state index in [2.05, 4.69) is 10.6 Å². The Bertz CT molecular complexity index is 959. The number of rotatable bonds is 7. The molecule has 0 aliphatic heterocycles. The van der Waals surface area contributed by atoms with Crippen molar-refractivity contribution in [3.63, 3.8) is 0 Å². The summed E-state index contributed by atoms with van der Waals surface area (Å²) < 4.78 is 5.98. The molecule has 1 amide bonds. The lowest BCUT2D eigenvalue weighted by Crippen LogP contribution is -2.06. The van der Waals surface area contributed by atoms with Crippen molar-refractivity contribution in [3.8, 4) is 5.75 Å². The number of para-hydroxylation sites is 1. The third-order valence-corrected chi connectivity index (χ3v) is 4.65. The zero-order valence-corrected chi connectivity index (χ0v) is 16.8. The van der Waals surface area contributed by atoms with Crippen LogP contribution in [0.15, 0.2) is 66.7 Å². The van der Waals surface area contributed by atoms with E-state index in [9.17, 15) is 4.79 Å². The molecule has 0 unspecified atom stereocenters. The molecule has 0 heterocycles.